The number of likely N-dealkylation sites (N-methyl/N-ethyl adjacent to an activating group) is 2. The highest BCUT2D eigenvalue weighted by atomic mass is 16.5. The first-order valence-corrected chi connectivity index (χ1v) is 7.27. The molecule has 1 unspecified atom stereocenters. The number of nitrogens with one attached hydrogen (secondary N) is 1. The van der Waals surface area contributed by atoms with E-state index in [1.165, 1.54) is 0 Å². The van der Waals surface area contributed by atoms with E-state index in [2.05, 4.69) is 36.3 Å². The van der Waals surface area contributed by atoms with E-state index in [1.54, 1.807) is 7.11 Å². The van der Waals surface area contributed by atoms with Gasteiger partial charge < -0.3 is 20.1 Å². The molecule has 1 aromatic carbocycles. The monoisotopic (exact) mass is 280 g/mol. The Morgan fingerprint density at radius 2 is 2.00 bits per heavy atom. The van der Waals surface area contributed by atoms with Gasteiger partial charge in [-0.15, -0.1) is 0 Å². The van der Waals surface area contributed by atoms with E-state index in [9.17, 15) is 5.11 Å². The average molecular weight is 280 g/mol. The van der Waals surface area contributed by atoms with Gasteiger partial charge >= 0.3 is 0 Å². The fourth-order valence-corrected chi connectivity index (χ4v) is 2.56. The highest BCUT2D eigenvalue weighted by molar-refractivity contribution is 5.25. The molecule has 0 saturated heterocycles. The third-order valence-electron chi connectivity index (χ3n) is 3.54. The molecule has 0 aliphatic rings. The zero-order chi connectivity index (χ0) is 14.8. The van der Waals surface area contributed by atoms with Gasteiger partial charge in [0.15, 0.2) is 0 Å². The second-order valence-electron chi connectivity index (χ2n) is 5.22. The number of benzene rings is 1. The van der Waals surface area contributed by atoms with Crippen LogP contribution < -0.4 is 5.32 Å². The Balaban J connectivity index is 2.78. The molecule has 114 valence electrons. The van der Waals surface area contributed by atoms with Crippen LogP contribution in [0.3, 0.4) is 0 Å². The Morgan fingerprint density at radius 1 is 1.30 bits per heavy atom. The molecule has 0 aliphatic heterocycles. The summed E-state index contributed by atoms with van der Waals surface area (Å²) in [4.78, 5) is 2.24. The molecular formula is C16H28N2O2. The molecule has 0 amide bonds. The Kier molecular flexibility index (Phi) is 7.77. The second-order valence-corrected chi connectivity index (χ2v) is 5.22. The van der Waals surface area contributed by atoms with Crippen molar-refractivity contribution in [2.75, 3.05) is 47.0 Å². The molecule has 0 radical (unpaired) electrons. The van der Waals surface area contributed by atoms with E-state index in [0.717, 1.165) is 38.2 Å². The van der Waals surface area contributed by atoms with Crippen molar-refractivity contribution in [1.82, 2.24) is 10.2 Å². The van der Waals surface area contributed by atoms with E-state index >= 15 is 0 Å². The van der Waals surface area contributed by atoms with Gasteiger partial charge in [0.25, 0.3) is 0 Å². The van der Waals surface area contributed by atoms with Crippen molar-refractivity contribution in [3.8, 4) is 0 Å². The van der Waals surface area contributed by atoms with Crippen molar-refractivity contribution >= 4 is 0 Å². The second kappa shape index (κ2) is 9.08. The van der Waals surface area contributed by atoms with Crippen molar-refractivity contribution in [2.24, 2.45) is 0 Å². The van der Waals surface area contributed by atoms with Gasteiger partial charge in [0.2, 0.25) is 0 Å². The van der Waals surface area contributed by atoms with Gasteiger partial charge in [0.1, 0.15) is 0 Å². The minimum atomic E-state index is -0.405. The summed E-state index contributed by atoms with van der Waals surface area (Å²) in [5.41, 5.74) is 0.723. The molecule has 0 aromatic heterocycles. The van der Waals surface area contributed by atoms with Crippen molar-refractivity contribution in [2.45, 2.75) is 18.9 Å². The number of methoxy groups -OCH3 is 1. The van der Waals surface area contributed by atoms with Crippen LogP contribution in [0.25, 0.3) is 0 Å². The van der Waals surface area contributed by atoms with Crippen LogP contribution in [0.15, 0.2) is 30.3 Å². The number of nitrogens with zero attached hydrogens (tertiary/aromatic N) is 1. The van der Waals surface area contributed by atoms with Crippen LogP contribution in [-0.2, 0) is 10.3 Å². The molecular weight excluding hydrogens is 252 g/mol. The summed E-state index contributed by atoms with van der Waals surface area (Å²) in [6, 6.07) is 10.2. The normalized spacial score (nSPS) is 14.4. The van der Waals surface area contributed by atoms with E-state index in [-0.39, 0.29) is 6.61 Å². The van der Waals surface area contributed by atoms with Gasteiger partial charge in [-0.25, -0.2) is 0 Å². The minimum absolute atomic E-state index is 0.0828. The highest BCUT2D eigenvalue weighted by Gasteiger charge is 2.31. The number of hydrogen-bond donors (Lipinski definition) is 2. The number of aliphatic hydroxyl groups is 1. The maximum Gasteiger partial charge on any atom is 0.0797 e. The van der Waals surface area contributed by atoms with E-state index in [0.29, 0.717) is 0 Å². The van der Waals surface area contributed by atoms with E-state index in [1.807, 2.05) is 18.2 Å². The number of aliphatic hydroxyl groups excluding tert-OH is 1. The van der Waals surface area contributed by atoms with Crippen LogP contribution in [-0.4, -0.2) is 57.0 Å². The molecule has 4 heteroatoms. The molecule has 1 rings (SSSR count). The summed E-state index contributed by atoms with van der Waals surface area (Å²) in [6.45, 7) is 5.46. The molecule has 0 heterocycles. The fraction of sp³-hybridized carbons (Fsp3) is 0.625. The summed E-state index contributed by atoms with van der Waals surface area (Å²) in [6.07, 6.45) is 0.995. The van der Waals surface area contributed by atoms with Crippen LogP contribution in [0.1, 0.15) is 18.9 Å². The molecule has 0 fully saturated rings. The molecule has 0 spiro atoms. The van der Waals surface area contributed by atoms with Crippen LogP contribution in [0.5, 0.6) is 0 Å². The lowest BCUT2D eigenvalue weighted by atomic mass is 9.90. The van der Waals surface area contributed by atoms with Crippen molar-refractivity contribution in [3.63, 3.8) is 0 Å². The molecule has 1 atom stereocenters. The standard InChI is InChI=1S/C16H28N2O2/c1-4-17-16(14-19,15-9-6-5-7-10-15)13-18(2)11-8-12-20-3/h5-7,9-10,17,19H,4,8,11-14H2,1-3H3. The largest absolute Gasteiger partial charge is 0.394 e. The van der Waals surface area contributed by atoms with Gasteiger partial charge in [-0.1, -0.05) is 37.3 Å². The number of hydrogen-bond acceptors (Lipinski definition) is 4. The zero-order valence-corrected chi connectivity index (χ0v) is 12.9. The number of rotatable bonds is 10. The van der Waals surface area contributed by atoms with Gasteiger partial charge in [-0.2, -0.15) is 0 Å². The predicted octanol–water partition coefficient (Wildman–Crippen LogP) is 1.45. The lowest BCUT2D eigenvalue weighted by Gasteiger charge is -2.37. The minimum Gasteiger partial charge on any atom is -0.394 e. The molecule has 4 nitrogen and oxygen atoms in total. The summed E-state index contributed by atoms with van der Waals surface area (Å²) in [5.74, 6) is 0. The smallest absolute Gasteiger partial charge is 0.0797 e. The van der Waals surface area contributed by atoms with Gasteiger partial charge in [0, 0.05) is 26.8 Å². The summed E-state index contributed by atoms with van der Waals surface area (Å²) >= 11 is 0. The van der Waals surface area contributed by atoms with Crippen molar-refractivity contribution < 1.29 is 9.84 Å². The molecule has 0 aliphatic carbocycles. The molecule has 0 saturated carbocycles. The SMILES string of the molecule is CCNC(CO)(CN(C)CCCOC)c1ccccc1. The Labute approximate surface area is 122 Å². The van der Waals surface area contributed by atoms with Crippen molar-refractivity contribution in [1.29, 1.82) is 0 Å². The highest BCUT2D eigenvalue weighted by Crippen LogP contribution is 2.22. The van der Waals surface area contributed by atoms with Gasteiger partial charge in [0.05, 0.1) is 12.1 Å². The Morgan fingerprint density at radius 3 is 2.55 bits per heavy atom. The predicted molar refractivity (Wildman–Crippen MR) is 82.9 cm³/mol. The average Bonchev–Trinajstić information content (AvgIpc) is 2.48. The first kappa shape index (κ1) is 17.1. The molecule has 1 aromatic rings. The van der Waals surface area contributed by atoms with E-state index < -0.39 is 5.54 Å². The topological polar surface area (TPSA) is 44.7 Å². The fourth-order valence-electron chi connectivity index (χ4n) is 2.56. The first-order chi connectivity index (χ1) is 9.68. The van der Waals surface area contributed by atoms with Gasteiger partial charge in [-0.05, 0) is 25.6 Å². The maximum absolute atomic E-state index is 9.97. The Bertz CT molecular complexity index is 359. The maximum atomic E-state index is 9.97. The third-order valence-corrected chi connectivity index (χ3v) is 3.54. The van der Waals surface area contributed by atoms with Crippen LogP contribution >= 0.6 is 0 Å². The third kappa shape index (κ3) is 4.87. The van der Waals surface area contributed by atoms with Crippen molar-refractivity contribution in [3.05, 3.63) is 35.9 Å². The van der Waals surface area contributed by atoms with E-state index in [4.69, 9.17) is 4.74 Å². The zero-order valence-electron chi connectivity index (χ0n) is 12.9. The van der Waals surface area contributed by atoms with Crippen LogP contribution in [0.4, 0.5) is 0 Å². The van der Waals surface area contributed by atoms with Gasteiger partial charge in [-0.3, -0.25) is 0 Å². The molecule has 2 N–H and O–H groups in total. The number of ether oxygens (including phenoxy) is 1. The quantitative estimate of drug-likeness (QED) is 0.637. The summed E-state index contributed by atoms with van der Waals surface area (Å²) < 4.78 is 5.09. The molecule has 20 heavy (non-hydrogen) atoms. The van der Waals surface area contributed by atoms with Crippen LogP contribution in [0.2, 0.25) is 0 Å². The molecule has 0 bridgehead atoms. The summed E-state index contributed by atoms with van der Waals surface area (Å²) in [7, 11) is 3.81. The van der Waals surface area contributed by atoms with Crippen LogP contribution in [0, 0.1) is 0 Å². The summed E-state index contributed by atoms with van der Waals surface area (Å²) in [5, 5.41) is 13.4. The first-order valence-electron chi connectivity index (χ1n) is 7.27. The lowest BCUT2D eigenvalue weighted by Crippen LogP contribution is -2.53. The Hall–Kier alpha value is -0.940. The lowest BCUT2D eigenvalue weighted by molar-refractivity contribution is 0.112.